The van der Waals surface area contributed by atoms with Gasteiger partial charge in [-0.25, -0.2) is 0 Å². The summed E-state index contributed by atoms with van der Waals surface area (Å²) >= 11 is 0. The fourth-order valence-electron chi connectivity index (χ4n) is 3.88. The van der Waals surface area contributed by atoms with E-state index in [9.17, 15) is 48.8 Å². The number of carbonyl (C=O) groups is 1. The summed E-state index contributed by atoms with van der Waals surface area (Å²) in [4.78, 5) is 8.83. The fourth-order valence-corrected chi connectivity index (χ4v) is 5.78. The van der Waals surface area contributed by atoms with Crippen LogP contribution in [0.5, 0.6) is 5.75 Å². The Kier molecular flexibility index (Phi) is 7.26. The van der Waals surface area contributed by atoms with Gasteiger partial charge >= 0.3 is 5.97 Å². The van der Waals surface area contributed by atoms with E-state index in [0.717, 1.165) is 30.3 Å². The van der Waals surface area contributed by atoms with Gasteiger partial charge in [0.15, 0.2) is 5.75 Å². The molecule has 40 heavy (non-hydrogen) atoms. The SMILES string of the molecule is O=C(O)CNc1cc(S(=O)(=O)O)cc2cc(S(=O)(=O)O)c(N=Nc3ccc(S(=O)(=O)O)c4ccccc34)c(O)c12. The van der Waals surface area contributed by atoms with Crippen molar-refractivity contribution in [2.75, 3.05) is 11.9 Å². The van der Waals surface area contributed by atoms with Crippen LogP contribution in [0.1, 0.15) is 0 Å². The molecule has 0 fully saturated rings. The normalized spacial score (nSPS) is 12.8. The lowest BCUT2D eigenvalue weighted by Gasteiger charge is -2.14. The number of hydrogen-bond donors (Lipinski definition) is 6. The number of aliphatic carboxylic acids is 1. The average molecular weight is 612 g/mol. The van der Waals surface area contributed by atoms with E-state index in [-0.39, 0.29) is 32.9 Å². The summed E-state index contributed by atoms with van der Waals surface area (Å²) in [5, 5.41) is 29.6. The number of aromatic hydroxyl groups is 1. The molecule has 0 saturated carbocycles. The van der Waals surface area contributed by atoms with Gasteiger partial charge in [0.1, 0.15) is 22.0 Å². The molecule has 18 heteroatoms. The van der Waals surface area contributed by atoms with E-state index in [2.05, 4.69) is 15.5 Å². The number of hydrogen-bond acceptors (Lipinski definition) is 11. The lowest BCUT2D eigenvalue weighted by atomic mass is 10.1. The van der Waals surface area contributed by atoms with Crippen LogP contribution in [-0.4, -0.2) is 61.6 Å². The molecule has 0 radical (unpaired) electrons. The van der Waals surface area contributed by atoms with Gasteiger partial charge in [-0.1, -0.05) is 24.3 Å². The third-order valence-corrected chi connectivity index (χ3v) is 8.14. The molecular weight excluding hydrogens is 594 g/mol. The second-order valence-electron chi connectivity index (χ2n) is 8.14. The Balaban J connectivity index is 2.03. The van der Waals surface area contributed by atoms with E-state index in [1.807, 2.05) is 0 Å². The van der Waals surface area contributed by atoms with E-state index in [4.69, 9.17) is 5.11 Å². The number of rotatable bonds is 8. The van der Waals surface area contributed by atoms with Gasteiger partial charge in [0.25, 0.3) is 30.4 Å². The van der Waals surface area contributed by atoms with Crippen LogP contribution in [0.4, 0.5) is 17.1 Å². The predicted molar refractivity (Wildman–Crippen MR) is 139 cm³/mol. The van der Waals surface area contributed by atoms with Gasteiger partial charge in [0, 0.05) is 21.8 Å². The van der Waals surface area contributed by atoms with E-state index in [0.29, 0.717) is 0 Å². The number of phenolic OH excluding ortho intramolecular Hbond substituents is 1. The highest BCUT2D eigenvalue weighted by atomic mass is 32.2. The maximum absolute atomic E-state index is 12.2. The molecule has 4 aromatic rings. The van der Waals surface area contributed by atoms with Crippen LogP contribution in [0.15, 0.2) is 79.5 Å². The van der Waals surface area contributed by atoms with Gasteiger partial charge in [-0.2, -0.15) is 25.3 Å². The molecule has 0 unspecified atom stereocenters. The highest BCUT2D eigenvalue weighted by molar-refractivity contribution is 7.86. The van der Waals surface area contributed by atoms with Crippen molar-refractivity contribution in [1.29, 1.82) is 0 Å². The summed E-state index contributed by atoms with van der Waals surface area (Å²) in [5.74, 6) is -2.36. The summed E-state index contributed by atoms with van der Waals surface area (Å²) in [7, 11) is -14.7. The van der Waals surface area contributed by atoms with E-state index < -0.39 is 69.0 Å². The van der Waals surface area contributed by atoms with E-state index in [1.54, 1.807) is 0 Å². The first-order chi connectivity index (χ1) is 18.5. The summed E-state index contributed by atoms with van der Waals surface area (Å²) in [6.45, 7) is -0.785. The average Bonchev–Trinajstić information content (AvgIpc) is 2.84. The number of nitrogens with one attached hydrogen (secondary N) is 1. The molecule has 15 nitrogen and oxygen atoms in total. The zero-order valence-electron chi connectivity index (χ0n) is 19.6. The summed E-state index contributed by atoms with van der Waals surface area (Å²) in [6.07, 6.45) is 0. The first kappa shape index (κ1) is 28.8. The van der Waals surface area contributed by atoms with Gasteiger partial charge in [-0.05, 0) is 35.7 Å². The van der Waals surface area contributed by atoms with Crippen LogP contribution in [0.2, 0.25) is 0 Å². The van der Waals surface area contributed by atoms with E-state index >= 15 is 0 Å². The van der Waals surface area contributed by atoms with Crippen molar-refractivity contribution in [2.24, 2.45) is 10.2 Å². The van der Waals surface area contributed by atoms with Crippen molar-refractivity contribution >= 4 is 74.9 Å². The molecule has 0 bridgehead atoms. The zero-order chi connectivity index (χ0) is 29.6. The molecule has 0 spiro atoms. The van der Waals surface area contributed by atoms with Crippen molar-refractivity contribution in [3.8, 4) is 5.75 Å². The second kappa shape index (κ2) is 10.1. The summed E-state index contributed by atoms with van der Waals surface area (Å²) < 4.78 is 100. The van der Waals surface area contributed by atoms with Crippen LogP contribution in [-0.2, 0) is 35.1 Å². The Morgan fingerprint density at radius 1 is 0.775 bits per heavy atom. The molecule has 4 rings (SSSR count). The zero-order valence-corrected chi connectivity index (χ0v) is 22.1. The first-order valence-corrected chi connectivity index (χ1v) is 15.0. The number of carboxylic acid groups (broad SMARTS) is 1. The Hall–Kier alpha value is -4.20. The molecule has 0 saturated heterocycles. The lowest BCUT2D eigenvalue weighted by Crippen LogP contribution is -2.13. The monoisotopic (exact) mass is 611 g/mol. The van der Waals surface area contributed by atoms with Crippen molar-refractivity contribution < 1.29 is 53.9 Å². The smallest absolute Gasteiger partial charge is 0.322 e. The van der Waals surface area contributed by atoms with Gasteiger partial charge in [0.05, 0.1) is 10.6 Å². The molecule has 210 valence electrons. The maximum Gasteiger partial charge on any atom is 0.322 e. The topological polar surface area (TPSA) is 257 Å². The molecule has 0 aliphatic rings. The Morgan fingerprint density at radius 3 is 1.98 bits per heavy atom. The number of nitrogens with zero attached hydrogens (tertiary/aromatic N) is 2. The molecule has 0 aliphatic heterocycles. The largest absolute Gasteiger partial charge is 0.505 e. The number of phenols is 1. The minimum Gasteiger partial charge on any atom is -0.505 e. The van der Waals surface area contributed by atoms with Crippen LogP contribution >= 0.6 is 0 Å². The van der Waals surface area contributed by atoms with Crippen LogP contribution < -0.4 is 5.32 Å². The number of azo groups is 1. The predicted octanol–water partition coefficient (Wildman–Crippen LogP) is 3.35. The quantitative estimate of drug-likeness (QED) is 0.123. The Bertz CT molecular complexity index is 2070. The maximum atomic E-state index is 12.2. The second-order valence-corrected chi connectivity index (χ2v) is 12.3. The minimum atomic E-state index is -5.16. The minimum absolute atomic E-state index is 0.0390. The van der Waals surface area contributed by atoms with Crippen LogP contribution in [0.3, 0.4) is 0 Å². The van der Waals surface area contributed by atoms with Crippen molar-refractivity contribution in [3.05, 3.63) is 54.6 Å². The van der Waals surface area contributed by atoms with Gasteiger partial charge in [-0.15, -0.1) is 10.2 Å². The van der Waals surface area contributed by atoms with Gasteiger partial charge < -0.3 is 15.5 Å². The highest BCUT2D eigenvalue weighted by Crippen LogP contribution is 2.45. The molecule has 0 aromatic heterocycles. The van der Waals surface area contributed by atoms with E-state index in [1.165, 1.54) is 24.3 Å². The lowest BCUT2D eigenvalue weighted by molar-refractivity contribution is -0.134. The molecule has 0 aliphatic carbocycles. The Morgan fingerprint density at radius 2 is 1.40 bits per heavy atom. The fraction of sp³-hybridized carbons (Fsp3) is 0.0455. The summed E-state index contributed by atoms with van der Waals surface area (Å²) in [6, 6.07) is 10.2. The summed E-state index contributed by atoms with van der Waals surface area (Å²) in [5.41, 5.74) is -1.24. The number of fused-ring (bicyclic) bond motifs is 2. The third kappa shape index (κ3) is 5.71. The first-order valence-electron chi connectivity index (χ1n) is 10.6. The Labute approximate surface area is 225 Å². The number of benzene rings is 4. The van der Waals surface area contributed by atoms with Crippen molar-refractivity contribution in [2.45, 2.75) is 14.7 Å². The molecule has 0 atom stereocenters. The van der Waals surface area contributed by atoms with Crippen molar-refractivity contribution in [1.82, 2.24) is 0 Å². The van der Waals surface area contributed by atoms with Crippen molar-refractivity contribution in [3.63, 3.8) is 0 Å². The number of carboxylic acids is 1. The molecule has 0 heterocycles. The van der Waals surface area contributed by atoms with Crippen LogP contribution in [0.25, 0.3) is 21.5 Å². The molecule has 4 aromatic carbocycles. The molecule has 0 amide bonds. The molecular formula is C22H17N3O12S3. The highest BCUT2D eigenvalue weighted by Gasteiger charge is 2.26. The molecule has 6 N–H and O–H groups in total. The van der Waals surface area contributed by atoms with Gasteiger partial charge in [0.2, 0.25) is 0 Å². The number of anilines is 1. The third-order valence-electron chi connectivity index (χ3n) is 5.53. The van der Waals surface area contributed by atoms with Gasteiger partial charge in [-0.3, -0.25) is 18.5 Å². The standard InChI is InChI=1S/C22H17N3O12S3/c26-19(27)10-23-16-9-12(38(29,30)31)7-11-8-18(40(35,36)37)21(22(28)20(11)16)25-24-15-5-6-17(39(32,33)34)14-4-2-1-3-13(14)15/h1-9,23,28H,10H2,(H,26,27)(H,29,30,31)(H,32,33,34)(H,35,36,37). The van der Waals surface area contributed by atoms with Crippen LogP contribution in [0, 0.1) is 0 Å².